The quantitative estimate of drug-likeness (QED) is 0.373. The molecule has 0 heterocycles. The summed E-state index contributed by atoms with van der Waals surface area (Å²) >= 11 is 0. The third kappa shape index (κ3) is 5.54. The first-order valence-corrected chi connectivity index (χ1v) is 8.01. The molecule has 0 aromatic heterocycles. The molecule has 0 radical (unpaired) electrons. The Balaban J connectivity index is 2.97. The number of aliphatic hydroxyl groups excluding tert-OH is 1. The minimum Gasteiger partial charge on any atom is -0.465 e. The molecule has 0 fully saturated rings. The molecular formula is C18H26F2O4. The van der Waals surface area contributed by atoms with Crippen molar-refractivity contribution in [3.63, 3.8) is 0 Å². The summed E-state index contributed by atoms with van der Waals surface area (Å²) < 4.78 is 44.9. The summed E-state index contributed by atoms with van der Waals surface area (Å²) in [4.78, 5) is 0. The van der Waals surface area contributed by atoms with Gasteiger partial charge in [0.05, 0.1) is 13.2 Å². The largest absolute Gasteiger partial charge is 0.465 e. The van der Waals surface area contributed by atoms with E-state index in [9.17, 15) is 13.9 Å². The molecule has 0 aliphatic heterocycles. The summed E-state index contributed by atoms with van der Waals surface area (Å²) in [5, 5.41) is 10.2. The molecule has 0 amide bonds. The average Bonchev–Trinajstić information content (AvgIpc) is 2.60. The van der Waals surface area contributed by atoms with Gasteiger partial charge in [0.15, 0.2) is 18.7 Å². The highest BCUT2D eigenvalue weighted by Gasteiger charge is 2.46. The predicted molar refractivity (Wildman–Crippen MR) is 87.7 cm³/mol. The van der Waals surface area contributed by atoms with Gasteiger partial charge in [-0.25, -0.2) is 0 Å². The number of aliphatic hydroxyl groups is 1. The van der Waals surface area contributed by atoms with Gasteiger partial charge in [-0.2, -0.15) is 8.78 Å². The molecule has 0 saturated carbocycles. The maximum absolute atomic E-state index is 14.9. The van der Waals surface area contributed by atoms with E-state index >= 15 is 0 Å². The Kier molecular flexibility index (Phi) is 8.89. The zero-order valence-corrected chi connectivity index (χ0v) is 14.4. The second-order valence-electron chi connectivity index (χ2n) is 5.24. The van der Waals surface area contributed by atoms with Gasteiger partial charge in [-0.3, -0.25) is 0 Å². The van der Waals surface area contributed by atoms with Gasteiger partial charge in [0.2, 0.25) is 0 Å². The Hall–Kier alpha value is -1.50. The Morgan fingerprint density at radius 3 is 2.29 bits per heavy atom. The third-order valence-electron chi connectivity index (χ3n) is 3.65. The number of hydrogen-bond donors (Lipinski definition) is 1. The molecule has 1 N–H and O–H groups in total. The van der Waals surface area contributed by atoms with Crippen molar-refractivity contribution < 1.29 is 28.1 Å². The van der Waals surface area contributed by atoms with Crippen LogP contribution in [0.1, 0.15) is 38.4 Å². The maximum Gasteiger partial charge on any atom is 0.333 e. The fourth-order valence-electron chi connectivity index (χ4n) is 2.28. The monoisotopic (exact) mass is 344 g/mol. The average molecular weight is 344 g/mol. The fraction of sp³-hybridized carbons (Fsp3) is 0.556. The second kappa shape index (κ2) is 10.4. The highest BCUT2D eigenvalue weighted by atomic mass is 19.3. The zero-order chi connectivity index (χ0) is 18.0. The number of ether oxygens (including phenoxy) is 3. The zero-order valence-electron chi connectivity index (χ0n) is 14.4. The van der Waals surface area contributed by atoms with Crippen LogP contribution in [0.15, 0.2) is 41.7 Å². The molecule has 1 unspecified atom stereocenters. The van der Waals surface area contributed by atoms with Crippen LogP contribution in [0, 0.1) is 0 Å². The molecule has 0 aliphatic rings. The number of hydrogen-bond acceptors (Lipinski definition) is 4. The van der Waals surface area contributed by atoms with Gasteiger partial charge in [0.25, 0.3) is 0 Å². The van der Waals surface area contributed by atoms with E-state index in [-0.39, 0.29) is 19.0 Å². The van der Waals surface area contributed by atoms with Crippen molar-refractivity contribution in [2.45, 2.75) is 38.7 Å². The summed E-state index contributed by atoms with van der Waals surface area (Å²) in [6, 6.07) is 7.83. The van der Waals surface area contributed by atoms with E-state index in [1.807, 2.05) is 0 Å². The van der Waals surface area contributed by atoms with Crippen molar-refractivity contribution in [1.82, 2.24) is 0 Å². The van der Waals surface area contributed by atoms with Gasteiger partial charge in [-0.1, -0.05) is 44.2 Å². The van der Waals surface area contributed by atoms with Crippen LogP contribution in [-0.4, -0.2) is 38.1 Å². The SMILES string of the molecule is CCC(CC)=C(OCOCCOC)C(F)(F)C(O)c1ccccc1. The first-order chi connectivity index (χ1) is 11.5. The van der Waals surface area contributed by atoms with Gasteiger partial charge in [0, 0.05) is 7.11 Å². The standard InChI is InChI=1S/C18H26F2O4/c1-4-14(5-2)17(24-13-23-12-11-22-3)18(19,20)16(21)15-9-7-6-8-10-15/h6-10,16,21H,4-5,11-13H2,1-3H3. The Morgan fingerprint density at radius 2 is 1.75 bits per heavy atom. The molecule has 0 spiro atoms. The number of allylic oxidation sites excluding steroid dienone is 1. The Bertz CT molecular complexity index is 497. The van der Waals surface area contributed by atoms with Crippen molar-refractivity contribution in [2.75, 3.05) is 27.1 Å². The van der Waals surface area contributed by atoms with Crippen LogP contribution >= 0.6 is 0 Å². The second-order valence-corrected chi connectivity index (χ2v) is 5.24. The minimum absolute atomic E-state index is 0.135. The molecule has 0 bridgehead atoms. The van der Waals surface area contributed by atoms with Crippen LogP contribution in [0.3, 0.4) is 0 Å². The van der Waals surface area contributed by atoms with E-state index in [1.165, 1.54) is 19.2 Å². The van der Waals surface area contributed by atoms with E-state index in [0.717, 1.165) is 0 Å². The van der Waals surface area contributed by atoms with E-state index in [0.29, 0.717) is 25.0 Å². The molecular weight excluding hydrogens is 318 g/mol. The normalized spacial score (nSPS) is 12.8. The molecule has 0 saturated heterocycles. The maximum atomic E-state index is 14.9. The van der Waals surface area contributed by atoms with Crippen LogP contribution in [0.5, 0.6) is 0 Å². The summed E-state index contributed by atoms with van der Waals surface area (Å²) in [7, 11) is 1.52. The topological polar surface area (TPSA) is 47.9 Å². The molecule has 1 rings (SSSR count). The minimum atomic E-state index is -3.55. The number of methoxy groups -OCH3 is 1. The van der Waals surface area contributed by atoms with Crippen molar-refractivity contribution in [3.05, 3.63) is 47.2 Å². The van der Waals surface area contributed by atoms with E-state index < -0.39 is 17.8 Å². The third-order valence-corrected chi connectivity index (χ3v) is 3.65. The van der Waals surface area contributed by atoms with Crippen LogP contribution < -0.4 is 0 Å². The van der Waals surface area contributed by atoms with E-state index in [2.05, 4.69) is 0 Å². The molecule has 0 aliphatic carbocycles. The highest BCUT2D eigenvalue weighted by molar-refractivity contribution is 5.26. The van der Waals surface area contributed by atoms with Gasteiger partial charge in [-0.05, 0) is 24.0 Å². The molecule has 24 heavy (non-hydrogen) atoms. The molecule has 1 aromatic carbocycles. The smallest absolute Gasteiger partial charge is 0.333 e. The van der Waals surface area contributed by atoms with Gasteiger partial charge in [0.1, 0.15) is 0 Å². The highest BCUT2D eigenvalue weighted by Crippen LogP contribution is 2.40. The van der Waals surface area contributed by atoms with Crippen molar-refractivity contribution >= 4 is 0 Å². The van der Waals surface area contributed by atoms with Crippen LogP contribution in [0.25, 0.3) is 0 Å². The lowest BCUT2D eigenvalue weighted by atomic mass is 9.97. The van der Waals surface area contributed by atoms with Crippen LogP contribution in [-0.2, 0) is 14.2 Å². The van der Waals surface area contributed by atoms with Gasteiger partial charge >= 0.3 is 5.92 Å². The molecule has 136 valence electrons. The van der Waals surface area contributed by atoms with Crippen LogP contribution in [0.4, 0.5) is 8.78 Å². The molecule has 4 nitrogen and oxygen atoms in total. The lowest BCUT2D eigenvalue weighted by molar-refractivity contribution is -0.139. The predicted octanol–water partition coefficient (Wildman–Crippen LogP) is 4.07. The molecule has 6 heteroatoms. The van der Waals surface area contributed by atoms with Crippen molar-refractivity contribution in [1.29, 1.82) is 0 Å². The van der Waals surface area contributed by atoms with Gasteiger partial charge < -0.3 is 19.3 Å². The molecule has 1 aromatic rings. The molecule has 1 atom stereocenters. The first kappa shape index (κ1) is 20.5. The van der Waals surface area contributed by atoms with Crippen LogP contribution in [0.2, 0.25) is 0 Å². The number of benzene rings is 1. The summed E-state index contributed by atoms with van der Waals surface area (Å²) in [6.07, 6.45) is -1.18. The summed E-state index contributed by atoms with van der Waals surface area (Å²) in [5.41, 5.74) is 0.584. The Morgan fingerprint density at radius 1 is 1.12 bits per heavy atom. The van der Waals surface area contributed by atoms with Crippen molar-refractivity contribution in [3.8, 4) is 0 Å². The fourth-order valence-corrected chi connectivity index (χ4v) is 2.28. The van der Waals surface area contributed by atoms with E-state index in [4.69, 9.17) is 14.2 Å². The summed E-state index contributed by atoms with van der Waals surface area (Å²) in [5.74, 6) is -4.06. The lowest BCUT2D eigenvalue weighted by Crippen LogP contribution is -2.32. The first-order valence-electron chi connectivity index (χ1n) is 8.01. The summed E-state index contributed by atoms with van der Waals surface area (Å²) in [6.45, 7) is 3.82. The van der Waals surface area contributed by atoms with Gasteiger partial charge in [-0.15, -0.1) is 0 Å². The Labute approximate surface area is 142 Å². The lowest BCUT2D eigenvalue weighted by Gasteiger charge is -2.27. The number of halogens is 2. The number of rotatable bonds is 11. The van der Waals surface area contributed by atoms with Crippen molar-refractivity contribution in [2.24, 2.45) is 0 Å². The number of alkyl halides is 2. The van der Waals surface area contributed by atoms with E-state index in [1.54, 1.807) is 32.0 Å².